The zero-order valence-corrected chi connectivity index (χ0v) is 10.3. The summed E-state index contributed by atoms with van der Waals surface area (Å²) in [6.07, 6.45) is 4.68. The van der Waals surface area contributed by atoms with Gasteiger partial charge in [0.25, 0.3) is 0 Å². The number of nitrogens with two attached hydrogens (primary N) is 1. The predicted octanol–water partition coefficient (Wildman–Crippen LogP) is 0.895. The third-order valence-corrected chi connectivity index (χ3v) is 4.24. The third kappa shape index (κ3) is 1.96. The molecule has 2 aliphatic rings. The Morgan fingerprint density at radius 2 is 2.06 bits per heavy atom. The Balaban J connectivity index is 1.82. The molecule has 4 nitrogen and oxygen atoms in total. The molecule has 1 saturated heterocycles. The SMILES string of the molecule is CCC1(N)CN(C(=O)CC2(OC)CCC2)C1. The highest BCUT2D eigenvalue weighted by molar-refractivity contribution is 5.78. The molecule has 1 saturated carbocycles. The minimum absolute atomic E-state index is 0.129. The summed E-state index contributed by atoms with van der Waals surface area (Å²) in [7, 11) is 1.71. The van der Waals surface area contributed by atoms with Crippen molar-refractivity contribution in [3.63, 3.8) is 0 Å². The van der Waals surface area contributed by atoms with Gasteiger partial charge in [-0.15, -0.1) is 0 Å². The van der Waals surface area contributed by atoms with Crippen molar-refractivity contribution < 1.29 is 9.53 Å². The van der Waals surface area contributed by atoms with Crippen LogP contribution in [0.1, 0.15) is 39.0 Å². The fraction of sp³-hybridized carbons (Fsp3) is 0.917. The highest BCUT2D eigenvalue weighted by Crippen LogP contribution is 2.39. The van der Waals surface area contributed by atoms with Crippen molar-refractivity contribution in [1.29, 1.82) is 0 Å². The molecule has 0 aromatic rings. The van der Waals surface area contributed by atoms with E-state index < -0.39 is 0 Å². The van der Waals surface area contributed by atoms with E-state index in [-0.39, 0.29) is 17.0 Å². The van der Waals surface area contributed by atoms with Gasteiger partial charge >= 0.3 is 0 Å². The Bertz CT molecular complexity index is 275. The molecule has 0 bridgehead atoms. The number of hydrogen-bond donors (Lipinski definition) is 1. The molecule has 92 valence electrons. The van der Waals surface area contributed by atoms with Crippen LogP contribution in [0.3, 0.4) is 0 Å². The molecule has 0 radical (unpaired) electrons. The lowest BCUT2D eigenvalue weighted by atomic mass is 9.76. The van der Waals surface area contributed by atoms with E-state index in [4.69, 9.17) is 10.5 Å². The summed E-state index contributed by atoms with van der Waals surface area (Å²) in [5.74, 6) is 0.205. The summed E-state index contributed by atoms with van der Waals surface area (Å²) >= 11 is 0. The first kappa shape index (κ1) is 11.9. The number of carbonyl (C=O) groups is 1. The normalized spacial score (nSPS) is 25.8. The molecule has 0 aromatic carbocycles. The van der Waals surface area contributed by atoms with Crippen LogP contribution in [0.25, 0.3) is 0 Å². The van der Waals surface area contributed by atoms with E-state index in [9.17, 15) is 4.79 Å². The monoisotopic (exact) mass is 226 g/mol. The lowest BCUT2D eigenvalue weighted by molar-refractivity contribution is -0.151. The summed E-state index contributed by atoms with van der Waals surface area (Å²) in [5.41, 5.74) is 5.76. The third-order valence-electron chi connectivity index (χ3n) is 4.24. The van der Waals surface area contributed by atoms with Crippen LogP contribution in [-0.2, 0) is 9.53 Å². The first-order chi connectivity index (χ1) is 7.52. The van der Waals surface area contributed by atoms with Crippen LogP contribution in [0.15, 0.2) is 0 Å². The molecular formula is C12H22N2O2. The van der Waals surface area contributed by atoms with E-state index in [0.717, 1.165) is 19.3 Å². The van der Waals surface area contributed by atoms with E-state index in [2.05, 4.69) is 6.92 Å². The average Bonchev–Trinajstić information content (AvgIpc) is 2.18. The quantitative estimate of drug-likeness (QED) is 0.774. The van der Waals surface area contributed by atoms with Gasteiger partial charge in [0.1, 0.15) is 0 Å². The zero-order valence-electron chi connectivity index (χ0n) is 10.3. The van der Waals surface area contributed by atoms with Crippen molar-refractivity contribution in [3.8, 4) is 0 Å². The molecular weight excluding hydrogens is 204 g/mol. The standard InChI is InChI=1S/C12H22N2O2/c1-3-11(13)8-14(9-11)10(15)7-12(16-2)5-4-6-12/h3-9,13H2,1-2H3. The summed E-state index contributed by atoms with van der Waals surface area (Å²) < 4.78 is 5.46. The number of ether oxygens (including phenoxy) is 1. The lowest BCUT2D eigenvalue weighted by Crippen LogP contribution is -2.68. The molecule has 4 heteroatoms. The van der Waals surface area contributed by atoms with Gasteiger partial charge < -0.3 is 15.4 Å². The van der Waals surface area contributed by atoms with Crippen molar-refractivity contribution in [1.82, 2.24) is 4.90 Å². The highest BCUT2D eigenvalue weighted by Gasteiger charge is 2.45. The summed E-state index contributed by atoms with van der Waals surface area (Å²) in [6, 6.07) is 0. The molecule has 0 atom stereocenters. The largest absolute Gasteiger partial charge is 0.378 e. The van der Waals surface area contributed by atoms with Crippen molar-refractivity contribution >= 4 is 5.91 Å². The van der Waals surface area contributed by atoms with E-state index in [1.807, 2.05) is 4.90 Å². The Hall–Kier alpha value is -0.610. The smallest absolute Gasteiger partial charge is 0.225 e. The van der Waals surface area contributed by atoms with Crippen LogP contribution >= 0.6 is 0 Å². The second kappa shape index (κ2) is 4.00. The fourth-order valence-electron chi connectivity index (χ4n) is 2.53. The van der Waals surface area contributed by atoms with Crippen LogP contribution in [-0.4, -0.2) is 42.1 Å². The summed E-state index contributed by atoms with van der Waals surface area (Å²) in [6.45, 7) is 3.49. The van der Waals surface area contributed by atoms with E-state index >= 15 is 0 Å². The van der Waals surface area contributed by atoms with E-state index in [1.54, 1.807) is 7.11 Å². The number of amides is 1. The zero-order chi connectivity index (χ0) is 11.8. The molecule has 1 heterocycles. The number of hydrogen-bond acceptors (Lipinski definition) is 3. The molecule has 0 unspecified atom stereocenters. The summed E-state index contributed by atoms with van der Waals surface area (Å²) in [4.78, 5) is 13.9. The van der Waals surface area contributed by atoms with Crippen molar-refractivity contribution in [2.75, 3.05) is 20.2 Å². The molecule has 0 spiro atoms. The minimum Gasteiger partial charge on any atom is -0.378 e. The fourth-order valence-corrected chi connectivity index (χ4v) is 2.53. The Kier molecular flexibility index (Phi) is 2.97. The van der Waals surface area contributed by atoms with Crippen LogP contribution in [0.2, 0.25) is 0 Å². The number of methoxy groups -OCH3 is 1. The second-order valence-corrected chi connectivity index (χ2v) is 5.38. The van der Waals surface area contributed by atoms with Gasteiger partial charge in [-0.05, 0) is 25.7 Å². The molecule has 1 aliphatic heterocycles. The maximum atomic E-state index is 12.0. The first-order valence-corrected chi connectivity index (χ1v) is 6.14. The highest BCUT2D eigenvalue weighted by atomic mass is 16.5. The average molecular weight is 226 g/mol. The maximum absolute atomic E-state index is 12.0. The molecule has 2 fully saturated rings. The molecule has 2 N–H and O–H groups in total. The van der Waals surface area contributed by atoms with Crippen LogP contribution < -0.4 is 5.73 Å². The minimum atomic E-state index is -0.157. The van der Waals surface area contributed by atoms with Crippen molar-refractivity contribution in [3.05, 3.63) is 0 Å². The van der Waals surface area contributed by atoms with Gasteiger partial charge in [-0.3, -0.25) is 4.79 Å². The molecule has 1 amide bonds. The van der Waals surface area contributed by atoms with Crippen LogP contribution in [0.4, 0.5) is 0 Å². The number of carbonyl (C=O) groups excluding carboxylic acids is 1. The van der Waals surface area contributed by atoms with E-state index in [1.165, 1.54) is 6.42 Å². The lowest BCUT2D eigenvalue weighted by Gasteiger charge is -2.49. The second-order valence-electron chi connectivity index (χ2n) is 5.38. The Labute approximate surface area is 97.1 Å². The molecule has 0 aromatic heterocycles. The van der Waals surface area contributed by atoms with Gasteiger partial charge in [0.05, 0.1) is 17.6 Å². The topological polar surface area (TPSA) is 55.6 Å². The first-order valence-electron chi connectivity index (χ1n) is 6.14. The Morgan fingerprint density at radius 3 is 2.44 bits per heavy atom. The summed E-state index contributed by atoms with van der Waals surface area (Å²) in [5, 5.41) is 0. The molecule has 16 heavy (non-hydrogen) atoms. The van der Waals surface area contributed by atoms with Gasteiger partial charge in [0.2, 0.25) is 5.91 Å². The number of rotatable bonds is 4. The number of likely N-dealkylation sites (tertiary alicyclic amines) is 1. The van der Waals surface area contributed by atoms with Gasteiger partial charge in [-0.25, -0.2) is 0 Å². The van der Waals surface area contributed by atoms with Gasteiger partial charge in [0, 0.05) is 20.2 Å². The van der Waals surface area contributed by atoms with Crippen molar-refractivity contribution in [2.24, 2.45) is 5.73 Å². The van der Waals surface area contributed by atoms with E-state index in [0.29, 0.717) is 19.5 Å². The predicted molar refractivity (Wildman–Crippen MR) is 62.0 cm³/mol. The number of nitrogens with zero attached hydrogens (tertiary/aromatic N) is 1. The maximum Gasteiger partial charge on any atom is 0.225 e. The van der Waals surface area contributed by atoms with Gasteiger partial charge in [-0.2, -0.15) is 0 Å². The Morgan fingerprint density at radius 1 is 1.44 bits per heavy atom. The molecule has 1 aliphatic carbocycles. The molecule has 2 rings (SSSR count). The van der Waals surface area contributed by atoms with Gasteiger partial charge in [0.15, 0.2) is 0 Å². The van der Waals surface area contributed by atoms with Crippen LogP contribution in [0.5, 0.6) is 0 Å². The van der Waals surface area contributed by atoms with Crippen molar-refractivity contribution in [2.45, 2.75) is 50.2 Å². The van der Waals surface area contributed by atoms with Gasteiger partial charge in [-0.1, -0.05) is 6.92 Å². The van der Waals surface area contributed by atoms with Crippen LogP contribution in [0, 0.1) is 0 Å².